The van der Waals surface area contributed by atoms with Gasteiger partial charge in [-0.25, -0.2) is 9.97 Å². The Labute approximate surface area is 623 Å². The maximum atomic E-state index is 14.7. The van der Waals surface area contributed by atoms with Gasteiger partial charge in [0.05, 0.1) is 50.5 Å². The minimum atomic E-state index is -6.12. The van der Waals surface area contributed by atoms with E-state index in [9.17, 15) is 168 Å². The Hall–Kier alpha value is -10.7. The zero-order chi connectivity index (χ0) is 86.1. The van der Waals surface area contributed by atoms with Crippen molar-refractivity contribution in [1.29, 1.82) is 0 Å². The second kappa shape index (κ2) is 32.1. The van der Waals surface area contributed by atoms with Crippen molar-refractivity contribution >= 4 is 49.8 Å². The molecular weight excluding hydrogens is 1760 g/mol. The quantitative estimate of drug-likeness (QED) is 0.0292. The number of benzene rings is 4. The van der Waals surface area contributed by atoms with Gasteiger partial charge in [0.2, 0.25) is 34.5 Å². The van der Waals surface area contributed by atoms with Crippen molar-refractivity contribution in [3.05, 3.63) is 28.3 Å². The minimum absolute atomic E-state index is 0. The van der Waals surface area contributed by atoms with Gasteiger partial charge in [-0.2, -0.15) is 158 Å². The number of hydrogen-bond donors (Lipinski definition) is 0. The van der Waals surface area contributed by atoms with Gasteiger partial charge in [0, 0.05) is 50.9 Å². The smallest absolute Gasteiger partial charge is 0.479 e. The third kappa shape index (κ3) is 23.5. The van der Waals surface area contributed by atoms with Crippen LogP contribution in [0.1, 0.15) is 0 Å². The van der Waals surface area contributed by atoms with Crippen molar-refractivity contribution in [2.75, 3.05) is 79.3 Å². The van der Waals surface area contributed by atoms with Crippen LogP contribution in [0, 0.1) is 10.1 Å². The van der Waals surface area contributed by atoms with E-state index in [1.807, 2.05) is 0 Å². The van der Waals surface area contributed by atoms with Gasteiger partial charge in [0.15, 0.2) is 114 Å². The van der Waals surface area contributed by atoms with Crippen LogP contribution in [0.5, 0.6) is 69.0 Å². The molecule has 4 aromatic carbocycles. The fourth-order valence-corrected chi connectivity index (χ4v) is 9.66. The molecule has 116 heavy (non-hydrogen) atoms. The van der Waals surface area contributed by atoms with Gasteiger partial charge in [0.1, 0.15) is 0 Å². The first-order chi connectivity index (χ1) is 52.3. The normalized spacial score (nSPS) is 13.4. The van der Waals surface area contributed by atoms with E-state index in [-0.39, 0.29) is 24.6 Å². The minimum Gasteiger partial charge on any atom is -0.479 e. The van der Waals surface area contributed by atoms with Gasteiger partial charge >= 0.3 is 92.7 Å². The zero-order valence-corrected chi connectivity index (χ0v) is 55.9. The summed E-state index contributed by atoms with van der Waals surface area (Å²) in [5.74, 6) is -38.3. The molecular formula is C56H27F36N9O14V. The van der Waals surface area contributed by atoms with Crippen molar-refractivity contribution in [3.63, 3.8) is 0 Å². The Kier molecular flexibility index (Phi) is 25.1. The topological polar surface area (TPSA) is 259 Å². The van der Waals surface area contributed by atoms with E-state index in [1.165, 1.54) is 0 Å². The SMILES string of the molecule is O=[N+]([O-])c1ccc2c3nc4nc(nc5[n-]c(nc6nc(nc([n-]3)c2c1)-c1c(OCC(F)(F)F)c(OCC(F)(F)F)c(OCC(F)(F)F)c(OCC(F)(F)F)c1-6)c1c(OCC(F)(F)F)c(OCC(F)(F)F)c(OCC(F)(F)F)c(OCC(F)(F)F)c51)-c1c(OCC(F)(F)F)c(OCC(F)(F)F)c(OCC(F)(F)F)c(OCC(F)(F)F)c1-4.[V+2]. The number of alkyl halides is 36. The number of non-ortho nitro benzene ring substituents is 1. The van der Waals surface area contributed by atoms with Gasteiger partial charge in [-0.3, -0.25) is 10.1 Å². The van der Waals surface area contributed by atoms with Crippen LogP contribution >= 0.6 is 0 Å². The third-order valence-electron chi connectivity index (χ3n) is 13.3. The number of halogens is 36. The monoisotopic (exact) mass is 1780 g/mol. The van der Waals surface area contributed by atoms with E-state index < -0.39 is 323 Å². The summed E-state index contributed by atoms with van der Waals surface area (Å²) in [5.41, 5.74) is -17.4. The van der Waals surface area contributed by atoms with Crippen molar-refractivity contribution in [1.82, 2.24) is 39.9 Å². The summed E-state index contributed by atoms with van der Waals surface area (Å²) < 4.78 is 576. The third-order valence-corrected chi connectivity index (χ3v) is 13.3. The number of nitro groups is 1. The molecule has 23 nitrogen and oxygen atoms in total. The number of fused-ring (bicyclic) bond motifs is 20. The molecule has 9 rings (SSSR count). The summed E-state index contributed by atoms with van der Waals surface area (Å²) in [7, 11) is 0. The van der Waals surface area contributed by atoms with E-state index in [2.05, 4.69) is 82.5 Å². The van der Waals surface area contributed by atoms with E-state index in [0.29, 0.717) is 12.1 Å². The summed E-state index contributed by atoms with van der Waals surface area (Å²) in [6.45, 7) is -37.6. The van der Waals surface area contributed by atoms with Crippen molar-refractivity contribution in [2.45, 2.75) is 74.1 Å². The largest absolute Gasteiger partial charge is 2.00 e. The van der Waals surface area contributed by atoms with Gasteiger partial charge in [-0.1, -0.05) is 0 Å². The van der Waals surface area contributed by atoms with Gasteiger partial charge in [0.25, 0.3) is 5.69 Å². The summed E-state index contributed by atoms with van der Waals surface area (Å²) in [5, 5.41) is 5.60. The van der Waals surface area contributed by atoms with Crippen LogP contribution in [0.3, 0.4) is 0 Å². The summed E-state index contributed by atoms with van der Waals surface area (Å²) in [6.07, 6.45) is -72.3. The molecule has 0 spiro atoms. The van der Waals surface area contributed by atoms with E-state index in [4.69, 9.17) is 14.2 Å². The Morgan fingerprint density at radius 3 is 0.655 bits per heavy atom. The molecule has 0 saturated heterocycles. The predicted octanol–water partition coefficient (Wildman–Crippen LogP) is 17.3. The first-order valence-electron chi connectivity index (χ1n) is 29.4. The molecule has 0 aliphatic carbocycles. The maximum absolute atomic E-state index is 14.7. The molecule has 3 aromatic heterocycles. The molecule has 1 radical (unpaired) electrons. The number of ether oxygens (including phenoxy) is 12. The number of rotatable bonds is 25. The van der Waals surface area contributed by atoms with Crippen molar-refractivity contribution < 1.29 is 238 Å². The molecule has 7 aromatic rings. The van der Waals surface area contributed by atoms with Crippen LogP contribution in [0.15, 0.2) is 18.2 Å². The predicted molar refractivity (Wildman–Crippen MR) is 299 cm³/mol. The van der Waals surface area contributed by atoms with Crippen LogP contribution in [0.2, 0.25) is 0 Å². The van der Waals surface area contributed by atoms with E-state index in [0.717, 1.165) is 0 Å². The molecule has 0 unspecified atom stereocenters. The van der Waals surface area contributed by atoms with Crippen LogP contribution < -0.4 is 66.8 Å². The van der Waals surface area contributed by atoms with Crippen LogP contribution in [-0.4, -0.2) is 188 Å². The Bertz CT molecular complexity index is 5010. The number of hydrogen-bond acceptors (Lipinski definition) is 20. The first kappa shape index (κ1) is 90.8. The van der Waals surface area contributed by atoms with E-state index >= 15 is 0 Å². The zero-order valence-electron chi connectivity index (χ0n) is 54.5. The number of nitro benzene ring substituents is 1. The molecule has 0 atom stereocenters. The molecule has 2 aliphatic rings. The molecule has 0 fully saturated rings. The Balaban J connectivity index is 0.0000168. The maximum Gasteiger partial charge on any atom is 2.00 e. The Morgan fingerprint density at radius 2 is 0.440 bits per heavy atom. The number of aromatic nitrogens is 8. The summed E-state index contributed by atoms with van der Waals surface area (Å²) >= 11 is 0. The van der Waals surface area contributed by atoms with Gasteiger partial charge in [-0.15, -0.1) is 0 Å². The van der Waals surface area contributed by atoms with E-state index in [1.54, 1.807) is 0 Å². The van der Waals surface area contributed by atoms with Crippen molar-refractivity contribution in [3.8, 4) is 115 Å². The van der Waals surface area contributed by atoms with Crippen LogP contribution in [0.4, 0.5) is 164 Å². The first-order valence-corrected chi connectivity index (χ1v) is 29.4. The van der Waals surface area contributed by atoms with Gasteiger partial charge < -0.3 is 86.7 Å². The second-order valence-corrected chi connectivity index (χ2v) is 22.5. The molecule has 0 saturated carbocycles. The molecule has 0 N–H and O–H groups in total. The molecule has 2 aliphatic heterocycles. The fourth-order valence-electron chi connectivity index (χ4n) is 9.66. The standard InChI is InChI=1S/C56H27F36N9O14.V/c57-45(58,59)4-104-25-19-21(27(106-6-47(63,64)65)33(112-12-53(81,82)83)31(25)110-10-51(75,76)77)41-96-39(19)94-37-17-2-1-16(101(102)103)3-18(17)38(93-37)95-40-20-22(28(107-7-48(66,67)68)34(113-13-54(84,85)86)32(111-11-52(78,79)80)26(20)105-5-46(60,61)62)42(97-40)99-44-24-23(43(98-41)100-44)29(108-8-49(69,70)71)35(114-14-55(87,88)89)36(115-15-56(90,91)92)30(24)109-9-50(72,73)74;/h1-3H,4-15H2;/q-2;+2. The van der Waals surface area contributed by atoms with Crippen molar-refractivity contribution in [2.24, 2.45) is 0 Å². The number of nitrogens with zero attached hydrogens (tertiary/aromatic N) is 9. The van der Waals surface area contributed by atoms with Crippen LogP contribution in [0.25, 0.3) is 89.7 Å². The Morgan fingerprint density at radius 1 is 0.259 bits per heavy atom. The fraction of sp³-hybridized carbons (Fsp3) is 0.429. The second-order valence-electron chi connectivity index (χ2n) is 22.5. The average molecular weight is 1780 g/mol. The summed E-state index contributed by atoms with van der Waals surface area (Å²) in [6, 6.07) is 1.00. The van der Waals surface area contributed by atoms with Crippen LogP contribution in [-0.2, 0) is 18.6 Å². The molecule has 60 heteroatoms. The van der Waals surface area contributed by atoms with Gasteiger partial charge in [-0.05, 0) is 11.5 Å². The average Bonchev–Trinajstić information content (AvgIpc) is 1.55. The molecule has 5 heterocycles. The summed E-state index contributed by atoms with van der Waals surface area (Å²) in [4.78, 5) is 40.5. The molecule has 8 bridgehead atoms. The molecule has 637 valence electrons. The molecule has 0 amide bonds.